The Hall–Kier alpha value is -4.10. The number of hydrogen-bond acceptors (Lipinski definition) is 6. The Morgan fingerprint density at radius 2 is 1.81 bits per heavy atom. The van der Waals surface area contributed by atoms with Crippen LogP contribution in [0.5, 0.6) is 17.2 Å². The highest BCUT2D eigenvalue weighted by Gasteiger charge is 2.46. The molecule has 0 aromatic heterocycles. The summed E-state index contributed by atoms with van der Waals surface area (Å²) in [4.78, 5) is 27.7. The Morgan fingerprint density at radius 3 is 2.58 bits per heavy atom. The fourth-order valence-electron chi connectivity index (χ4n) is 4.74. The number of benzene rings is 3. The highest BCUT2D eigenvalue weighted by Crippen LogP contribution is 2.41. The second-order valence-electron chi connectivity index (χ2n) is 8.93. The number of para-hydroxylation sites is 1. The molecule has 1 amide bonds. The van der Waals surface area contributed by atoms with Crippen molar-refractivity contribution >= 4 is 17.4 Å². The topological polar surface area (TPSA) is 85.3 Å². The number of ketones is 1. The van der Waals surface area contributed by atoms with Crippen molar-refractivity contribution in [2.24, 2.45) is 0 Å². The van der Waals surface area contributed by atoms with E-state index in [9.17, 15) is 14.7 Å². The van der Waals surface area contributed by atoms with Crippen LogP contribution in [-0.2, 0) is 20.7 Å². The molecule has 0 aliphatic carbocycles. The van der Waals surface area contributed by atoms with E-state index in [1.54, 1.807) is 30.3 Å². The quantitative estimate of drug-likeness (QED) is 0.292. The summed E-state index contributed by atoms with van der Waals surface area (Å²) in [6, 6.07) is 21.1. The van der Waals surface area contributed by atoms with E-state index in [1.807, 2.05) is 49.4 Å². The molecule has 2 heterocycles. The van der Waals surface area contributed by atoms with Gasteiger partial charge in [0, 0.05) is 25.6 Å². The summed E-state index contributed by atoms with van der Waals surface area (Å²) < 4.78 is 16.9. The van der Waals surface area contributed by atoms with Crippen LogP contribution in [0.15, 0.2) is 78.4 Å². The fraction of sp³-hybridized carbons (Fsp3) is 0.241. The van der Waals surface area contributed by atoms with Crippen LogP contribution in [0.1, 0.15) is 29.7 Å². The van der Waals surface area contributed by atoms with E-state index in [0.29, 0.717) is 29.0 Å². The van der Waals surface area contributed by atoms with Gasteiger partial charge in [-0.3, -0.25) is 9.59 Å². The molecule has 184 valence electrons. The average molecular weight is 486 g/mol. The van der Waals surface area contributed by atoms with Gasteiger partial charge in [-0.05, 0) is 60.5 Å². The van der Waals surface area contributed by atoms with Crippen LogP contribution >= 0.6 is 0 Å². The third-order valence-corrected chi connectivity index (χ3v) is 6.40. The minimum atomic E-state index is -0.789. The van der Waals surface area contributed by atoms with Crippen LogP contribution in [0.3, 0.4) is 0 Å². The van der Waals surface area contributed by atoms with Gasteiger partial charge in [0.05, 0.1) is 18.2 Å². The number of methoxy groups -OCH3 is 1. The summed E-state index contributed by atoms with van der Waals surface area (Å²) >= 11 is 0. The van der Waals surface area contributed by atoms with Gasteiger partial charge in [0.2, 0.25) is 0 Å². The molecular formula is C29H27NO6. The van der Waals surface area contributed by atoms with Crippen molar-refractivity contribution in [3.05, 3.63) is 95.1 Å². The molecule has 2 aliphatic rings. The van der Waals surface area contributed by atoms with Crippen LogP contribution in [0.4, 0.5) is 0 Å². The lowest BCUT2D eigenvalue weighted by atomic mass is 9.94. The number of fused-ring (bicyclic) bond motifs is 1. The highest BCUT2D eigenvalue weighted by molar-refractivity contribution is 6.46. The Bertz CT molecular complexity index is 1330. The number of hydrogen-bond donors (Lipinski definition) is 1. The van der Waals surface area contributed by atoms with E-state index in [-0.39, 0.29) is 30.6 Å². The highest BCUT2D eigenvalue weighted by atomic mass is 16.5. The lowest BCUT2D eigenvalue weighted by molar-refractivity contribution is -0.140. The van der Waals surface area contributed by atoms with E-state index < -0.39 is 17.7 Å². The van der Waals surface area contributed by atoms with Crippen LogP contribution in [0.2, 0.25) is 0 Å². The predicted octanol–water partition coefficient (Wildman–Crippen LogP) is 4.87. The molecule has 7 nitrogen and oxygen atoms in total. The number of nitrogens with zero attached hydrogens (tertiary/aromatic N) is 1. The van der Waals surface area contributed by atoms with E-state index in [2.05, 4.69) is 0 Å². The number of aliphatic hydroxyl groups is 1. The molecule has 1 saturated heterocycles. The van der Waals surface area contributed by atoms with Crippen molar-refractivity contribution in [2.45, 2.75) is 25.5 Å². The Balaban J connectivity index is 1.58. The maximum absolute atomic E-state index is 13.2. The summed E-state index contributed by atoms with van der Waals surface area (Å²) in [6.07, 6.45) is 0.755. The van der Waals surface area contributed by atoms with Crippen LogP contribution < -0.4 is 9.47 Å². The number of amides is 1. The first-order valence-electron chi connectivity index (χ1n) is 11.9. The predicted molar refractivity (Wildman–Crippen MR) is 134 cm³/mol. The maximum Gasteiger partial charge on any atom is 0.295 e. The largest absolute Gasteiger partial charge is 0.507 e. The second-order valence-corrected chi connectivity index (χ2v) is 8.93. The molecule has 0 bridgehead atoms. The van der Waals surface area contributed by atoms with Gasteiger partial charge in [0.1, 0.15) is 29.1 Å². The third kappa shape index (κ3) is 4.45. The first-order chi connectivity index (χ1) is 17.5. The molecule has 0 saturated carbocycles. The number of ether oxygens (including phenoxy) is 3. The van der Waals surface area contributed by atoms with E-state index in [1.165, 1.54) is 12.0 Å². The lowest BCUT2D eigenvalue weighted by Crippen LogP contribution is -2.32. The smallest absolute Gasteiger partial charge is 0.295 e. The molecule has 0 unspecified atom stereocenters. The molecule has 1 fully saturated rings. The number of Topliss-reactive ketones (excluding diaryl/α,β-unsaturated/α-hetero) is 1. The third-order valence-electron chi connectivity index (χ3n) is 6.40. The zero-order chi connectivity index (χ0) is 25.2. The Labute approximate surface area is 209 Å². The average Bonchev–Trinajstić information content (AvgIpc) is 3.38. The standard InChI is InChI=1S/C29H27NO6/c1-18-15-21-16-20(11-12-24(21)35-18)27(31)25-26(30(13-14-34-2)29(33)28(25)32)19-7-6-10-23(17-19)36-22-8-4-3-5-9-22/h3-12,16-18,26,31H,13-15H2,1-2H3/t18-,26+/m0/s1. The van der Waals surface area contributed by atoms with Gasteiger partial charge in [-0.1, -0.05) is 30.3 Å². The van der Waals surface area contributed by atoms with Gasteiger partial charge < -0.3 is 24.2 Å². The fourth-order valence-corrected chi connectivity index (χ4v) is 4.74. The second kappa shape index (κ2) is 9.87. The van der Waals surface area contributed by atoms with Gasteiger partial charge in [-0.25, -0.2) is 0 Å². The van der Waals surface area contributed by atoms with E-state index in [0.717, 1.165) is 11.3 Å². The molecule has 3 aromatic carbocycles. The zero-order valence-corrected chi connectivity index (χ0v) is 20.1. The summed E-state index contributed by atoms with van der Waals surface area (Å²) in [5, 5.41) is 11.4. The summed E-state index contributed by atoms with van der Waals surface area (Å²) in [5.74, 6) is 0.369. The monoisotopic (exact) mass is 485 g/mol. The Kier molecular flexibility index (Phi) is 6.48. The molecular weight excluding hydrogens is 458 g/mol. The minimum Gasteiger partial charge on any atom is -0.507 e. The number of rotatable bonds is 7. The number of likely N-dealkylation sites (tertiary alicyclic amines) is 1. The summed E-state index contributed by atoms with van der Waals surface area (Å²) in [6.45, 7) is 2.42. The number of carbonyl (C=O) groups is 2. The first-order valence-corrected chi connectivity index (χ1v) is 11.9. The van der Waals surface area contributed by atoms with Crippen molar-refractivity contribution in [1.82, 2.24) is 4.90 Å². The van der Waals surface area contributed by atoms with Crippen LogP contribution in [0.25, 0.3) is 5.76 Å². The van der Waals surface area contributed by atoms with Gasteiger partial charge in [-0.2, -0.15) is 0 Å². The number of aliphatic hydroxyl groups excluding tert-OH is 1. The molecule has 0 radical (unpaired) electrons. The van der Waals surface area contributed by atoms with E-state index in [4.69, 9.17) is 14.2 Å². The van der Waals surface area contributed by atoms with Gasteiger partial charge >= 0.3 is 0 Å². The van der Waals surface area contributed by atoms with Crippen molar-refractivity contribution < 1.29 is 28.9 Å². The van der Waals surface area contributed by atoms with Gasteiger partial charge in [0.15, 0.2) is 0 Å². The summed E-state index contributed by atoms with van der Waals surface area (Å²) in [7, 11) is 1.54. The molecule has 5 rings (SSSR count). The van der Waals surface area contributed by atoms with Crippen LogP contribution in [0, 0.1) is 0 Å². The molecule has 0 spiro atoms. The SMILES string of the molecule is COCCN1C(=O)C(=O)C(=C(O)c2ccc3c(c2)C[C@H](C)O3)[C@H]1c1cccc(Oc2ccccc2)c1. The van der Waals surface area contributed by atoms with Gasteiger partial charge in [0.25, 0.3) is 11.7 Å². The first kappa shape index (κ1) is 23.6. The molecule has 1 N–H and O–H groups in total. The normalized spacial score (nSPS) is 20.3. The summed E-state index contributed by atoms with van der Waals surface area (Å²) in [5.41, 5.74) is 2.12. The molecule has 2 atom stereocenters. The molecule has 2 aliphatic heterocycles. The van der Waals surface area contributed by atoms with Crippen molar-refractivity contribution in [2.75, 3.05) is 20.3 Å². The Morgan fingerprint density at radius 1 is 1.03 bits per heavy atom. The van der Waals surface area contributed by atoms with Crippen molar-refractivity contribution in [3.63, 3.8) is 0 Å². The van der Waals surface area contributed by atoms with Crippen molar-refractivity contribution in [1.29, 1.82) is 0 Å². The zero-order valence-electron chi connectivity index (χ0n) is 20.1. The lowest BCUT2D eigenvalue weighted by Gasteiger charge is -2.25. The van der Waals surface area contributed by atoms with Crippen molar-refractivity contribution in [3.8, 4) is 17.2 Å². The minimum absolute atomic E-state index is 0.0416. The maximum atomic E-state index is 13.2. The van der Waals surface area contributed by atoms with E-state index >= 15 is 0 Å². The van der Waals surface area contributed by atoms with Crippen LogP contribution in [-0.4, -0.2) is 48.1 Å². The number of carbonyl (C=O) groups excluding carboxylic acids is 2. The molecule has 36 heavy (non-hydrogen) atoms. The molecule has 3 aromatic rings. The molecule has 7 heteroatoms. The van der Waals surface area contributed by atoms with Gasteiger partial charge in [-0.15, -0.1) is 0 Å².